The molecule has 0 unspecified atom stereocenters. The molecule has 2 fully saturated rings. The maximum absolute atomic E-state index is 13.3. The smallest absolute Gasteiger partial charge is 0.271 e. The number of benzene rings is 1. The van der Waals surface area contributed by atoms with Crippen LogP contribution in [0.15, 0.2) is 45.6 Å². The van der Waals surface area contributed by atoms with E-state index >= 15 is 0 Å². The zero-order valence-electron chi connectivity index (χ0n) is 30.5. The van der Waals surface area contributed by atoms with E-state index in [1.807, 2.05) is 12.1 Å². The maximum atomic E-state index is 13.3. The molecule has 2 aliphatic heterocycles. The number of carbonyl (C=O) groups excluding carboxylic acids is 4. The Balaban J connectivity index is 1.21. The van der Waals surface area contributed by atoms with Crippen LogP contribution in [0.2, 0.25) is 0 Å². The Morgan fingerprint density at radius 1 is 0.630 bits per heavy atom. The number of hydrogen-bond donors (Lipinski definition) is 0. The summed E-state index contributed by atoms with van der Waals surface area (Å²) in [7, 11) is 2.82. The number of rotatable bonds is 2. The Bertz CT molecular complexity index is 2340. The van der Waals surface area contributed by atoms with E-state index in [4.69, 9.17) is 9.97 Å². The lowest BCUT2D eigenvalue weighted by molar-refractivity contribution is -0.140. The molecule has 12 heteroatoms. The van der Waals surface area contributed by atoms with Crippen molar-refractivity contribution >= 4 is 58.5 Å². The van der Waals surface area contributed by atoms with E-state index in [9.17, 15) is 29.7 Å². The number of nitriles is 2. The Morgan fingerprint density at radius 2 is 1.00 bits per heavy atom. The van der Waals surface area contributed by atoms with Gasteiger partial charge in [-0.1, -0.05) is 38.5 Å². The first-order valence-electron chi connectivity index (χ1n) is 18.5. The van der Waals surface area contributed by atoms with Crippen molar-refractivity contribution in [2.45, 2.75) is 88.9 Å². The zero-order chi connectivity index (χ0) is 37.8. The molecule has 0 atom stereocenters. The van der Waals surface area contributed by atoms with Crippen LogP contribution in [0.5, 0.6) is 0 Å². The van der Waals surface area contributed by atoms with Crippen LogP contribution in [0.4, 0.5) is 0 Å². The molecule has 4 heterocycles. The second-order valence-electron chi connectivity index (χ2n) is 15.4. The topological polar surface area (TPSA) is 148 Å². The van der Waals surface area contributed by atoms with E-state index in [0.29, 0.717) is 32.3 Å². The van der Waals surface area contributed by atoms with Crippen molar-refractivity contribution in [2.75, 3.05) is 14.1 Å². The molecule has 2 saturated carbocycles. The summed E-state index contributed by atoms with van der Waals surface area (Å²) < 4.78 is 0. The molecule has 9 rings (SSSR count). The number of likely N-dealkylation sites (N-methyl/N-ethyl adjacent to an activating group) is 2. The third-order valence-electron chi connectivity index (χ3n) is 12.7. The Hall–Kier alpha value is -5.30. The monoisotopic (exact) mass is 752 g/mol. The third kappa shape index (κ3) is 4.53. The number of fused-ring (bicyclic) bond motifs is 10. The molecule has 4 amide bonds. The number of amides is 4. The molecule has 6 aliphatic rings. The van der Waals surface area contributed by atoms with Gasteiger partial charge in [0.25, 0.3) is 23.6 Å². The van der Waals surface area contributed by atoms with Crippen molar-refractivity contribution in [1.82, 2.24) is 19.8 Å². The quantitative estimate of drug-likeness (QED) is 0.193. The largest absolute Gasteiger partial charge is 0.277 e. The standard InChI is InChI=1S/C42H36N6O4S2/c1-21-23(37(49)47(3)39(51)27(21)19-43)17-31-45-35-33(53-31)25-15-30-26(16-29(25)41(35)11-7-5-8-12-41)34-36(42(30)13-9-6-10-14-42)46-32(54-34)18-24-22(2)28(20-44)40(52)48(4)38(24)50/h15-18H,5-14H2,1-4H3/b23-17-,24-18+. The number of hydrogen-bond acceptors (Lipinski definition) is 10. The lowest BCUT2D eigenvalue weighted by Crippen LogP contribution is -2.39. The van der Waals surface area contributed by atoms with Gasteiger partial charge in [0, 0.05) is 36.1 Å². The Morgan fingerprint density at radius 3 is 1.35 bits per heavy atom. The fraction of sp³-hybridized carbons (Fsp3) is 0.381. The molecule has 270 valence electrons. The molecule has 4 aliphatic carbocycles. The highest BCUT2D eigenvalue weighted by atomic mass is 32.1. The van der Waals surface area contributed by atoms with Crippen LogP contribution in [0, 0.1) is 22.7 Å². The molecular weight excluding hydrogens is 717 g/mol. The SMILES string of the molecule is CC1=C(C#N)C(=O)N(C)C(=O)/C1=C\c1nc2c(s1)-c1cc3c(cc1C21CCCCC1)-c1sc(/C=C2/C(=O)N(C)C(=O)C(C#N)=C2C)nc1C31CCCCC1. The van der Waals surface area contributed by atoms with Gasteiger partial charge in [-0.2, -0.15) is 10.5 Å². The summed E-state index contributed by atoms with van der Waals surface area (Å²) in [6, 6.07) is 8.80. The van der Waals surface area contributed by atoms with Gasteiger partial charge in [0.05, 0.1) is 21.1 Å². The van der Waals surface area contributed by atoms with Crippen LogP contribution in [-0.2, 0) is 30.0 Å². The highest BCUT2D eigenvalue weighted by Crippen LogP contribution is 2.63. The second kappa shape index (κ2) is 12.1. The summed E-state index contributed by atoms with van der Waals surface area (Å²) in [5.74, 6) is -2.04. The average molecular weight is 753 g/mol. The minimum absolute atomic E-state index is 0.0263. The van der Waals surface area contributed by atoms with Gasteiger partial charge in [-0.25, -0.2) is 9.97 Å². The first-order chi connectivity index (χ1) is 26.0. The molecule has 0 saturated heterocycles. The van der Waals surface area contributed by atoms with Crippen LogP contribution in [-0.4, -0.2) is 57.5 Å². The lowest BCUT2D eigenvalue weighted by atomic mass is 9.67. The number of imide groups is 2. The van der Waals surface area contributed by atoms with E-state index in [-0.39, 0.29) is 22.0 Å². The molecule has 0 N–H and O–H groups in total. The fourth-order valence-electron chi connectivity index (χ4n) is 9.80. The van der Waals surface area contributed by atoms with Crippen molar-refractivity contribution in [3.63, 3.8) is 0 Å². The van der Waals surface area contributed by atoms with E-state index < -0.39 is 23.6 Å². The van der Waals surface area contributed by atoms with Crippen LogP contribution >= 0.6 is 22.7 Å². The maximum Gasteiger partial charge on any atom is 0.271 e. The molecule has 2 aromatic heterocycles. The second-order valence-corrected chi connectivity index (χ2v) is 17.4. The summed E-state index contributed by atoms with van der Waals surface area (Å²) in [5.41, 5.74) is 7.92. The summed E-state index contributed by atoms with van der Waals surface area (Å²) in [5, 5.41) is 20.8. The van der Waals surface area contributed by atoms with Gasteiger partial charge in [-0.05, 0) is 97.2 Å². The summed E-state index contributed by atoms with van der Waals surface area (Å²) in [4.78, 5) is 66.7. The average Bonchev–Trinajstić information content (AvgIpc) is 3.91. The summed E-state index contributed by atoms with van der Waals surface area (Å²) in [6.07, 6.45) is 14.0. The van der Waals surface area contributed by atoms with Crippen LogP contribution in [0.25, 0.3) is 33.0 Å². The van der Waals surface area contributed by atoms with E-state index in [1.54, 1.807) is 48.7 Å². The van der Waals surface area contributed by atoms with Gasteiger partial charge in [0.1, 0.15) is 33.3 Å². The first-order valence-corrected chi connectivity index (χ1v) is 20.1. The minimum atomic E-state index is -0.585. The van der Waals surface area contributed by atoms with Crippen molar-refractivity contribution < 1.29 is 19.2 Å². The molecular formula is C42H36N6O4S2. The van der Waals surface area contributed by atoms with Crippen molar-refractivity contribution in [1.29, 1.82) is 10.5 Å². The number of carbonyl (C=O) groups is 4. The van der Waals surface area contributed by atoms with E-state index in [0.717, 1.165) is 95.2 Å². The van der Waals surface area contributed by atoms with E-state index in [2.05, 4.69) is 12.1 Å². The number of thiazole rings is 2. The molecule has 0 bridgehead atoms. The highest BCUT2D eigenvalue weighted by molar-refractivity contribution is 7.16. The predicted molar refractivity (Wildman–Crippen MR) is 205 cm³/mol. The molecule has 0 radical (unpaired) electrons. The predicted octanol–water partition coefficient (Wildman–Crippen LogP) is 7.50. The highest BCUT2D eigenvalue weighted by Gasteiger charge is 2.52. The Labute approximate surface area is 320 Å². The summed E-state index contributed by atoms with van der Waals surface area (Å²) >= 11 is 3.15. The molecule has 3 aromatic rings. The molecule has 2 spiro atoms. The minimum Gasteiger partial charge on any atom is -0.277 e. The van der Waals surface area contributed by atoms with Gasteiger partial charge in [0.2, 0.25) is 0 Å². The van der Waals surface area contributed by atoms with Crippen molar-refractivity contribution in [3.8, 4) is 33.0 Å². The number of aromatic nitrogens is 2. The van der Waals surface area contributed by atoms with Gasteiger partial charge in [-0.3, -0.25) is 29.0 Å². The van der Waals surface area contributed by atoms with Crippen LogP contribution in [0.3, 0.4) is 0 Å². The van der Waals surface area contributed by atoms with Crippen molar-refractivity contribution in [3.05, 3.63) is 78.1 Å². The molecule has 1 aromatic carbocycles. The summed E-state index contributed by atoms with van der Waals surface area (Å²) in [6.45, 7) is 3.31. The zero-order valence-corrected chi connectivity index (χ0v) is 32.1. The molecule has 10 nitrogen and oxygen atoms in total. The van der Waals surface area contributed by atoms with E-state index in [1.165, 1.54) is 36.3 Å². The molecule has 54 heavy (non-hydrogen) atoms. The third-order valence-corrected chi connectivity index (χ3v) is 14.8. The van der Waals surface area contributed by atoms with Gasteiger partial charge in [-0.15, -0.1) is 22.7 Å². The van der Waals surface area contributed by atoms with Crippen molar-refractivity contribution in [2.24, 2.45) is 0 Å². The van der Waals surface area contributed by atoms with Crippen LogP contribution in [0.1, 0.15) is 111 Å². The first kappa shape index (κ1) is 34.5. The number of nitrogens with zero attached hydrogens (tertiary/aromatic N) is 6. The Kier molecular flexibility index (Phi) is 7.73. The van der Waals surface area contributed by atoms with Gasteiger partial charge in [0.15, 0.2) is 0 Å². The van der Waals surface area contributed by atoms with Gasteiger partial charge < -0.3 is 0 Å². The fourth-order valence-corrected chi connectivity index (χ4v) is 12.1. The van der Waals surface area contributed by atoms with Gasteiger partial charge >= 0.3 is 0 Å². The lowest BCUT2D eigenvalue weighted by Gasteiger charge is -2.36. The van der Waals surface area contributed by atoms with Crippen LogP contribution < -0.4 is 0 Å². The normalized spacial score (nSPS) is 22.7.